The summed E-state index contributed by atoms with van der Waals surface area (Å²) in [5.74, 6) is -1.86. The van der Waals surface area contributed by atoms with E-state index in [1.807, 2.05) is 91.0 Å². The predicted octanol–water partition coefficient (Wildman–Crippen LogP) is 3.78. The van der Waals surface area contributed by atoms with E-state index in [1.165, 1.54) is 9.80 Å². The maximum Gasteiger partial charge on any atom is 0.408 e. The Morgan fingerprint density at radius 3 is 2.04 bits per heavy atom. The number of likely N-dealkylation sites (tertiary alicyclic amines) is 1. The van der Waals surface area contributed by atoms with Crippen LogP contribution in [0.25, 0.3) is 0 Å². The zero-order chi connectivity index (χ0) is 34.1. The van der Waals surface area contributed by atoms with Gasteiger partial charge in [-0.3, -0.25) is 14.4 Å². The Labute approximate surface area is 283 Å². The Kier molecular flexibility index (Phi) is 9.20. The number of carbonyl (C=O) groups excluding carboxylic acids is 5. The third kappa shape index (κ3) is 6.75. The molecule has 4 amide bonds. The number of rotatable bonds is 9. The van der Waals surface area contributed by atoms with Crippen LogP contribution in [0.3, 0.4) is 0 Å². The van der Waals surface area contributed by atoms with Crippen LogP contribution in [-0.4, -0.2) is 80.6 Å². The van der Waals surface area contributed by atoms with Crippen LogP contribution >= 0.6 is 11.8 Å². The molecule has 2 N–H and O–H groups in total. The normalized spacial score (nSPS) is 23.4. The van der Waals surface area contributed by atoms with Crippen LogP contribution in [0, 0.1) is 0 Å². The number of nitrogens with zero attached hydrogens (tertiary/aromatic N) is 2. The first-order valence-corrected chi connectivity index (χ1v) is 16.8. The van der Waals surface area contributed by atoms with E-state index in [9.17, 15) is 24.0 Å². The largest absolute Gasteiger partial charge is 0.450 e. The molecule has 0 saturated carbocycles. The third-order valence-corrected chi connectivity index (χ3v) is 10.1. The lowest BCUT2D eigenvalue weighted by atomic mass is 10.0. The van der Waals surface area contributed by atoms with Crippen LogP contribution in [0.15, 0.2) is 91.0 Å². The van der Waals surface area contributed by atoms with E-state index >= 15 is 0 Å². The van der Waals surface area contributed by atoms with Crippen molar-refractivity contribution in [2.45, 2.75) is 67.6 Å². The Hall–Kier alpha value is -4.84. The average Bonchev–Trinajstić information content (AvgIpc) is 3.61. The molecule has 11 nitrogen and oxygen atoms in total. The van der Waals surface area contributed by atoms with Gasteiger partial charge in [0.2, 0.25) is 22.6 Å². The standard InChI is InChI=1S/C36H38N4O7S/c1-35(2,3)47-34(45)37-26-19-20-40(30(26)42)36(33(44)46-29(24-15-9-5-10-16-24)25-17-11-6-12-18-25)22-39-31(43)28(32(39)48-36)38-27(41)21-23-13-7-4-8-14-23/h4-18,26,28-29,32H,19-22H2,1-3H3,(H,37,45)(H,38,41)/t26-,28-,32-,36-/m1/s1. The molecule has 3 aromatic rings. The van der Waals surface area contributed by atoms with Crippen molar-refractivity contribution >= 4 is 41.5 Å². The fourth-order valence-electron chi connectivity index (χ4n) is 6.21. The molecule has 0 unspecified atom stereocenters. The lowest BCUT2D eigenvalue weighted by Gasteiger charge is -2.41. The zero-order valence-corrected chi connectivity index (χ0v) is 27.8. The summed E-state index contributed by atoms with van der Waals surface area (Å²) in [6, 6.07) is 25.9. The fourth-order valence-corrected chi connectivity index (χ4v) is 7.90. The van der Waals surface area contributed by atoms with Gasteiger partial charge in [0.1, 0.15) is 23.1 Å². The van der Waals surface area contributed by atoms with Crippen molar-refractivity contribution in [3.8, 4) is 0 Å². The molecule has 3 heterocycles. The maximum absolute atomic E-state index is 14.6. The van der Waals surface area contributed by atoms with E-state index in [4.69, 9.17) is 9.47 Å². The first kappa shape index (κ1) is 33.1. The maximum atomic E-state index is 14.6. The number of thioether (sulfide) groups is 1. The van der Waals surface area contributed by atoms with Gasteiger partial charge in [0.25, 0.3) is 0 Å². The number of nitrogens with one attached hydrogen (secondary N) is 2. The molecule has 0 bridgehead atoms. The summed E-state index contributed by atoms with van der Waals surface area (Å²) in [5, 5.41) is 4.87. The molecule has 0 aromatic heterocycles. The van der Waals surface area contributed by atoms with E-state index < -0.39 is 52.0 Å². The highest BCUT2D eigenvalue weighted by Crippen LogP contribution is 2.51. The highest BCUT2D eigenvalue weighted by molar-refractivity contribution is 8.02. The molecule has 3 aliphatic heterocycles. The molecule has 3 aliphatic rings. The summed E-state index contributed by atoms with van der Waals surface area (Å²) in [6.07, 6.45) is -1.22. The lowest BCUT2D eigenvalue weighted by Crippen LogP contribution is -2.67. The second kappa shape index (κ2) is 13.3. The van der Waals surface area contributed by atoms with Crippen molar-refractivity contribution in [1.29, 1.82) is 0 Å². The van der Waals surface area contributed by atoms with Crippen molar-refractivity contribution in [1.82, 2.24) is 20.4 Å². The predicted molar refractivity (Wildman–Crippen MR) is 178 cm³/mol. The van der Waals surface area contributed by atoms with Gasteiger partial charge in [0, 0.05) is 6.54 Å². The van der Waals surface area contributed by atoms with E-state index in [-0.39, 0.29) is 37.7 Å². The van der Waals surface area contributed by atoms with Crippen molar-refractivity contribution in [3.05, 3.63) is 108 Å². The smallest absolute Gasteiger partial charge is 0.408 e. The minimum absolute atomic E-state index is 0.0909. The lowest BCUT2D eigenvalue weighted by molar-refractivity contribution is -0.162. The molecule has 6 rings (SSSR count). The van der Waals surface area contributed by atoms with Crippen molar-refractivity contribution in [3.63, 3.8) is 0 Å². The quantitative estimate of drug-likeness (QED) is 0.260. The van der Waals surface area contributed by atoms with E-state index in [2.05, 4.69) is 10.6 Å². The van der Waals surface area contributed by atoms with Crippen molar-refractivity contribution in [2.24, 2.45) is 0 Å². The van der Waals surface area contributed by atoms with Gasteiger partial charge in [0.05, 0.1) is 13.0 Å². The molecule has 12 heteroatoms. The van der Waals surface area contributed by atoms with Gasteiger partial charge < -0.3 is 29.9 Å². The third-order valence-electron chi connectivity index (χ3n) is 8.45. The second-order valence-electron chi connectivity index (χ2n) is 13.1. The average molecular weight is 671 g/mol. The summed E-state index contributed by atoms with van der Waals surface area (Å²) in [5.41, 5.74) is 1.50. The molecule has 4 atom stereocenters. The fraction of sp³-hybridized carbons (Fsp3) is 0.361. The number of amides is 4. The number of ether oxygens (including phenoxy) is 2. The van der Waals surface area contributed by atoms with E-state index in [1.54, 1.807) is 20.8 Å². The minimum Gasteiger partial charge on any atom is -0.450 e. The van der Waals surface area contributed by atoms with Crippen LogP contribution < -0.4 is 10.6 Å². The summed E-state index contributed by atoms with van der Waals surface area (Å²) in [7, 11) is 0. The van der Waals surface area contributed by atoms with Crippen LogP contribution in [0.4, 0.5) is 4.79 Å². The number of alkyl carbamates (subject to hydrolysis) is 1. The molecule has 0 aliphatic carbocycles. The molecule has 0 radical (unpaired) electrons. The number of esters is 1. The first-order valence-electron chi connectivity index (χ1n) is 15.9. The van der Waals surface area contributed by atoms with E-state index in [0.717, 1.165) is 28.5 Å². The molecular weight excluding hydrogens is 632 g/mol. The highest BCUT2D eigenvalue weighted by Gasteiger charge is 2.67. The van der Waals surface area contributed by atoms with E-state index in [0.29, 0.717) is 0 Å². The molecule has 3 saturated heterocycles. The van der Waals surface area contributed by atoms with Crippen LogP contribution in [0.2, 0.25) is 0 Å². The minimum atomic E-state index is -1.64. The topological polar surface area (TPSA) is 134 Å². The monoisotopic (exact) mass is 670 g/mol. The van der Waals surface area contributed by atoms with Crippen LogP contribution in [-0.2, 0) is 35.1 Å². The molecular formula is C36H38N4O7S. The molecule has 0 spiro atoms. The van der Waals surface area contributed by atoms with Crippen molar-refractivity contribution < 1.29 is 33.4 Å². The van der Waals surface area contributed by atoms with Gasteiger partial charge in [-0.15, -0.1) is 0 Å². The van der Waals surface area contributed by atoms with Gasteiger partial charge in [-0.25, -0.2) is 9.59 Å². The van der Waals surface area contributed by atoms with Gasteiger partial charge in [0.15, 0.2) is 6.10 Å². The first-order chi connectivity index (χ1) is 22.9. The van der Waals surface area contributed by atoms with Gasteiger partial charge in [-0.1, -0.05) is 103 Å². The Balaban J connectivity index is 1.28. The van der Waals surface area contributed by atoms with Crippen molar-refractivity contribution in [2.75, 3.05) is 13.1 Å². The number of carbonyl (C=O) groups is 5. The molecule has 250 valence electrons. The number of fused-ring (bicyclic) bond motifs is 1. The summed E-state index contributed by atoms with van der Waals surface area (Å²) in [6.45, 7) is 5.17. The highest BCUT2D eigenvalue weighted by atomic mass is 32.2. The molecule has 48 heavy (non-hydrogen) atoms. The van der Waals surface area contributed by atoms with Gasteiger partial charge in [-0.2, -0.15) is 0 Å². The Bertz CT molecular complexity index is 1650. The van der Waals surface area contributed by atoms with Crippen LogP contribution in [0.5, 0.6) is 0 Å². The summed E-state index contributed by atoms with van der Waals surface area (Å²) < 4.78 is 11.7. The Morgan fingerprint density at radius 2 is 1.46 bits per heavy atom. The summed E-state index contributed by atoms with van der Waals surface area (Å²) in [4.78, 5) is 68.8. The SMILES string of the molecule is CC(C)(C)OC(=O)N[C@@H]1CCN([C@]2(C(=O)OC(c3ccccc3)c3ccccc3)CN3C(=O)[C@@H](NC(=O)Cc4ccccc4)[C@H]3S2)C1=O. The summed E-state index contributed by atoms with van der Waals surface area (Å²) >= 11 is 1.12. The molecule has 3 fully saturated rings. The van der Waals surface area contributed by atoms with Gasteiger partial charge in [-0.05, 0) is 43.9 Å². The van der Waals surface area contributed by atoms with Crippen LogP contribution in [0.1, 0.15) is 50.0 Å². The zero-order valence-electron chi connectivity index (χ0n) is 27.0. The van der Waals surface area contributed by atoms with Gasteiger partial charge >= 0.3 is 12.1 Å². The molecule has 3 aromatic carbocycles. The second-order valence-corrected chi connectivity index (χ2v) is 14.4. The Morgan fingerprint density at radius 1 is 0.875 bits per heavy atom. The number of β-lactam (4-membered cyclic amide) rings is 1. The number of benzene rings is 3. The number of hydrogen-bond donors (Lipinski definition) is 2. The number of hydrogen-bond acceptors (Lipinski definition) is 8.